The molecule has 4 amide bonds. The zero-order valence-electron chi connectivity index (χ0n) is 19.2. The number of fused-ring (bicyclic) bond motifs is 1. The third kappa shape index (κ3) is 4.39. The molecule has 1 unspecified atom stereocenters. The van der Waals surface area contributed by atoms with Gasteiger partial charge in [0.15, 0.2) is 0 Å². The fraction of sp³-hybridized carbons (Fsp3) is 0.273. The molecule has 37 heavy (non-hydrogen) atoms. The van der Waals surface area contributed by atoms with Crippen LogP contribution < -0.4 is 32.5 Å². The summed E-state index contributed by atoms with van der Waals surface area (Å²) in [5.74, 6) is -7.73. The molecule has 2 aromatic carbocycles. The molecule has 0 aromatic heterocycles. The molecule has 176 valence electrons. The van der Waals surface area contributed by atoms with Crippen LogP contribution in [0.5, 0.6) is 0 Å². The maximum Gasteiger partial charge on any atom is 0.348 e. The molecule has 1 fully saturated rings. The first-order valence-electron chi connectivity index (χ1n) is 10.8. The highest BCUT2D eigenvalue weighted by Crippen LogP contribution is 2.33. The van der Waals surface area contributed by atoms with Gasteiger partial charge >= 0.3 is 5.92 Å². The van der Waals surface area contributed by atoms with Crippen LogP contribution in [0, 0.1) is 0 Å². The van der Waals surface area contributed by atoms with E-state index in [9.17, 15) is 19.2 Å². The number of nitrogens with one attached hydrogen (secondary N) is 2. The van der Waals surface area contributed by atoms with Gasteiger partial charge in [0.1, 0.15) is 39.2 Å². The highest BCUT2D eigenvalue weighted by Gasteiger charge is 2.48. The number of carbonyl (C=O) groups is 4. The Morgan fingerprint density at radius 3 is 2.32 bits per heavy atom. The van der Waals surface area contributed by atoms with Crippen LogP contribution >= 0.6 is 11.6 Å². The lowest BCUT2D eigenvalue weighted by atomic mass is 9.66. The van der Waals surface area contributed by atoms with Crippen molar-refractivity contribution >= 4 is 96.3 Å². The molecule has 0 aliphatic carbocycles. The smallest absolute Gasteiger partial charge is 0.346 e. The van der Waals surface area contributed by atoms with Gasteiger partial charge in [0.05, 0.1) is 5.44 Å². The van der Waals surface area contributed by atoms with Gasteiger partial charge in [-0.05, 0) is 23.6 Å². The van der Waals surface area contributed by atoms with Gasteiger partial charge in [0.25, 0.3) is 11.8 Å². The summed E-state index contributed by atoms with van der Waals surface area (Å²) >= 11 is 5.84. The van der Waals surface area contributed by atoms with Crippen molar-refractivity contribution in [1.82, 2.24) is 15.5 Å². The van der Waals surface area contributed by atoms with Crippen molar-refractivity contribution in [2.24, 2.45) is 0 Å². The first kappa shape index (κ1) is 27.0. The Hall–Kier alpha value is -3.01. The van der Waals surface area contributed by atoms with Crippen LogP contribution in [0.25, 0.3) is 0 Å². The summed E-state index contributed by atoms with van der Waals surface area (Å²) in [6.45, 7) is -0.405. The summed E-state index contributed by atoms with van der Waals surface area (Å²) in [5.41, 5.74) is -3.89. The van der Waals surface area contributed by atoms with E-state index in [1.165, 1.54) is 18.2 Å². The van der Waals surface area contributed by atoms with Crippen LogP contribution in [-0.2, 0) is 33.4 Å². The quantitative estimate of drug-likeness (QED) is 0.335. The molecular formula is C22H13B5ClF2N3O4. The number of hydrogen-bond acceptors (Lipinski definition) is 4. The topological polar surface area (TPSA) is 95.6 Å². The molecule has 1 atom stereocenters. The van der Waals surface area contributed by atoms with Gasteiger partial charge in [-0.25, -0.2) is 0 Å². The normalized spacial score (nSPS) is 19.5. The molecule has 0 saturated carbocycles. The number of benzene rings is 2. The number of alkyl halides is 2. The molecule has 0 bridgehead atoms. The van der Waals surface area contributed by atoms with Gasteiger partial charge < -0.3 is 10.2 Å². The Bertz CT molecular complexity index is 1360. The average Bonchev–Trinajstić information content (AvgIpc) is 3.18. The lowest BCUT2D eigenvalue weighted by Crippen LogP contribution is -2.63. The zero-order chi connectivity index (χ0) is 27.4. The number of imide groups is 1. The predicted molar refractivity (Wildman–Crippen MR) is 136 cm³/mol. The van der Waals surface area contributed by atoms with E-state index in [-0.39, 0.29) is 36.5 Å². The second-order valence-corrected chi connectivity index (χ2v) is 9.16. The fourth-order valence-corrected chi connectivity index (χ4v) is 4.52. The minimum absolute atomic E-state index is 0.0339. The number of piperidine rings is 1. The van der Waals surface area contributed by atoms with E-state index in [0.29, 0.717) is 11.1 Å². The summed E-state index contributed by atoms with van der Waals surface area (Å²) in [6.07, 6.45) is -0.0881. The third-order valence-electron chi connectivity index (χ3n) is 6.48. The van der Waals surface area contributed by atoms with Crippen LogP contribution in [0.4, 0.5) is 8.78 Å². The van der Waals surface area contributed by atoms with Crippen LogP contribution in [-0.4, -0.2) is 73.2 Å². The van der Waals surface area contributed by atoms with Gasteiger partial charge in [0.2, 0.25) is 11.8 Å². The Morgan fingerprint density at radius 1 is 1.11 bits per heavy atom. The van der Waals surface area contributed by atoms with Gasteiger partial charge in [-0.15, -0.1) is 0 Å². The van der Waals surface area contributed by atoms with Gasteiger partial charge in [-0.1, -0.05) is 45.6 Å². The molecular weight excluding hydrogens is 498 g/mol. The Balaban J connectivity index is 1.52. The number of hydrogen-bond donors (Lipinski definition) is 2. The summed E-state index contributed by atoms with van der Waals surface area (Å²) < 4.78 is 30.1. The lowest BCUT2D eigenvalue weighted by molar-refractivity contribution is -0.147. The molecule has 15 heteroatoms. The first-order valence-corrected chi connectivity index (χ1v) is 11.2. The summed E-state index contributed by atoms with van der Waals surface area (Å²) in [5, 5.41) is 3.93. The maximum atomic E-state index is 15.0. The summed E-state index contributed by atoms with van der Waals surface area (Å²) in [7, 11) is 28.8. The van der Waals surface area contributed by atoms with Crippen molar-refractivity contribution in [2.75, 3.05) is 0 Å². The Morgan fingerprint density at radius 2 is 1.73 bits per heavy atom. The van der Waals surface area contributed by atoms with Crippen molar-refractivity contribution in [3.05, 3.63) is 45.5 Å². The lowest BCUT2D eigenvalue weighted by Gasteiger charge is -2.40. The zero-order valence-corrected chi connectivity index (χ0v) is 19.9. The number of carbonyl (C=O) groups excluding carboxylic acids is 4. The van der Waals surface area contributed by atoms with E-state index in [1.807, 2.05) is 0 Å². The van der Waals surface area contributed by atoms with Crippen LogP contribution in [0.3, 0.4) is 0 Å². The van der Waals surface area contributed by atoms with E-state index in [4.69, 9.17) is 50.8 Å². The molecule has 7 nitrogen and oxygen atoms in total. The largest absolute Gasteiger partial charge is 0.348 e. The minimum atomic E-state index is -4.21. The van der Waals surface area contributed by atoms with Gasteiger partial charge in [-0.3, -0.25) is 24.5 Å². The molecule has 2 aliphatic heterocycles. The van der Waals surface area contributed by atoms with Crippen molar-refractivity contribution in [3.63, 3.8) is 0 Å². The number of halogens is 3. The minimum Gasteiger partial charge on any atom is -0.346 e. The van der Waals surface area contributed by atoms with Crippen LogP contribution in [0.15, 0.2) is 18.2 Å². The molecule has 0 spiro atoms. The molecule has 2 aromatic rings. The monoisotopic (exact) mass is 511 g/mol. The second-order valence-electron chi connectivity index (χ2n) is 8.79. The Labute approximate surface area is 222 Å². The van der Waals surface area contributed by atoms with Crippen LogP contribution in [0.2, 0.25) is 5.02 Å². The van der Waals surface area contributed by atoms with Gasteiger partial charge in [-0.2, -0.15) is 8.78 Å². The van der Waals surface area contributed by atoms with Gasteiger partial charge in [0, 0.05) is 35.7 Å². The van der Waals surface area contributed by atoms with Crippen molar-refractivity contribution in [1.29, 1.82) is 0 Å². The van der Waals surface area contributed by atoms with Crippen molar-refractivity contribution in [2.45, 2.75) is 37.3 Å². The highest BCUT2D eigenvalue weighted by atomic mass is 35.5. The van der Waals surface area contributed by atoms with E-state index in [0.717, 1.165) is 4.90 Å². The second kappa shape index (κ2) is 9.38. The standard InChI is InChI=1S/C22H13B5ClF2N3O4/c23-13-12(14(24)16(26)17(28)15(13)25)22(29,30)20(37)31-6-8-1-2-10-9(5-8)7-33(18(10)35)21(27)4-3-11(34)32-19(21)36/h1-2,5H,3-4,6-7H2,(H,31,37)(H,32,34,36). The van der Waals surface area contributed by atoms with Crippen LogP contribution in [0.1, 0.15) is 39.9 Å². The highest BCUT2D eigenvalue weighted by molar-refractivity contribution is 6.64. The molecule has 10 radical (unpaired) electrons. The third-order valence-corrected chi connectivity index (χ3v) is 6.89. The summed E-state index contributed by atoms with van der Waals surface area (Å²) in [4.78, 5) is 50.4. The average molecular weight is 511 g/mol. The molecule has 4 rings (SSSR count). The molecule has 2 heterocycles. The summed E-state index contributed by atoms with van der Waals surface area (Å²) in [6, 6.07) is 4.40. The number of rotatable bonds is 5. The van der Waals surface area contributed by atoms with Crippen molar-refractivity contribution < 1.29 is 28.0 Å². The molecule has 2 aliphatic rings. The van der Waals surface area contributed by atoms with E-state index < -0.39 is 62.4 Å². The predicted octanol–water partition coefficient (Wildman–Crippen LogP) is -2.82. The molecule has 2 N–H and O–H groups in total. The van der Waals surface area contributed by atoms with E-state index >= 15 is 8.78 Å². The van der Waals surface area contributed by atoms with Crippen molar-refractivity contribution in [3.8, 4) is 0 Å². The number of amides is 4. The first-order chi connectivity index (χ1) is 17.2. The fourth-order valence-electron chi connectivity index (χ4n) is 4.32. The SMILES string of the molecule is [B]c1c([B])c(C(F)(F)C(=O)NCc2ccc3c(c2)CN(C2([B])CCC(=O)NC2=O)C3=O)c([B])c([B])c1Cl. The van der Waals surface area contributed by atoms with E-state index in [2.05, 4.69) is 10.6 Å². The maximum absolute atomic E-state index is 15.0. The number of nitrogens with zero attached hydrogens (tertiary/aromatic N) is 1. The van der Waals surface area contributed by atoms with E-state index in [1.54, 1.807) is 0 Å². The Kier molecular flexibility index (Phi) is 6.86. The molecule has 1 saturated heterocycles.